The summed E-state index contributed by atoms with van der Waals surface area (Å²) in [5.41, 5.74) is 0. The number of nitrogens with one attached hydrogen (secondary N) is 1. The summed E-state index contributed by atoms with van der Waals surface area (Å²) < 4.78 is 26.3. The summed E-state index contributed by atoms with van der Waals surface area (Å²) in [4.78, 5) is 0.0915. The van der Waals surface area contributed by atoms with Gasteiger partial charge in [-0.3, -0.25) is 0 Å². The number of phenols is 1. The quantitative estimate of drug-likeness (QED) is 0.829. The molecule has 1 aromatic carbocycles. The first kappa shape index (κ1) is 14.3. The number of sulfonamides is 1. The molecule has 1 atom stereocenters. The first-order chi connectivity index (χ1) is 7.95. The van der Waals surface area contributed by atoms with Crippen molar-refractivity contribution in [2.75, 3.05) is 18.6 Å². The first-order valence-electron chi connectivity index (χ1n) is 5.23. The van der Waals surface area contributed by atoms with Gasteiger partial charge in [0, 0.05) is 6.54 Å². The third-order valence-corrected chi connectivity index (χ3v) is 4.52. The number of rotatable bonds is 6. The van der Waals surface area contributed by atoms with Gasteiger partial charge in [-0.25, -0.2) is 13.1 Å². The van der Waals surface area contributed by atoms with E-state index in [4.69, 9.17) is 0 Å². The molecule has 0 radical (unpaired) electrons. The minimum atomic E-state index is -3.52. The predicted octanol–water partition coefficient (Wildman–Crippen LogP) is 1.67. The molecule has 0 heterocycles. The highest BCUT2D eigenvalue weighted by atomic mass is 32.2. The molecule has 0 aliphatic rings. The normalized spacial score (nSPS) is 13.5. The van der Waals surface area contributed by atoms with E-state index in [1.54, 1.807) is 11.8 Å². The molecule has 0 saturated heterocycles. The Hall–Kier alpha value is -0.720. The van der Waals surface area contributed by atoms with Crippen molar-refractivity contribution in [3.63, 3.8) is 0 Å². The molecule has 0 spiro atoms. The third-order valence-electron chi connectivity index (χ3n) is 2.20. The lowest BCUT2D eigenvalue weighted by Crippen LogP contribution is -2.29. The van der Waals surface area contributed by atoms with Gasteiger partial charge >= 0.3 is 0 Å². The second-order valence-electron chi connectivity index (χ2n) is 3.91. The van der Waals surface area contributed by atoms with E-state index < -0.39 is 10.0 Å². The van der Waals surface area contributed by atoms with Gasteiger partial charge < -0.3 is 5.11 Å². The highest BCUT2D eigenvalue weighted by molar-refractivity contribution is 7.98. The van der Waals surface area contributed by atoms with Gasteiger partial charge in [-0.05, 0) is 36.1 Å². The molecule has 0 saturated carbocycles. The molecule has 0 aromatic heterocycles. The van der Waals surface area contributed by atoms with Crippen molar-refractivity contribution in [2.45, 2.75) is 11.8 Å². The topological polar surface area (TPSA) is 66.4 Å². The molecule has 0 aliphatic heterocycles. The number of phenolic OH excluding ortho intramolecular Hbond substituents is 1. The Morgan fingerprint density at radius 2 is 2.18 bits per heavy atom. The van der Waals surface area contributed by atoms with Gasteiger partial charge in [-0.15, -0.1) is 0 Å². The van der Waals surface area contributed by atoms with Crippen LogP contribution in [0.15, 0.2) is 29.2 Å². The summed E-state index contributed by atoms with van der Waals surface area (Å²) >= 11 is 1.68. The molecule has 96 valence electrons. The summed E-state index contributed by atoms with van der Waals surface area (Å²) in [6.07, 6.45) is 1.99. The Kier molecular flexibility index (Phi) is 5.30. The van der Waals surface area contributed by atoms with Crippen molar-refractivity contribution in [3.8, 4) is 5.75 Å². The maximum atomic E-state index is 11.9. The Labute approximate surface area is 106 Å². The molecule has 6 heteroatoms. The average Bonchev–Trinajstić information content (AvgIpc) is 2.27. The predicted molar refractivity (Wildman–Crippen MR) is 70.8 cm³/mol. The third kappa shape index (κ3) is 4.57. The maximum Gasteiger partial charge on any atom is 0.240 e. The number of benzene rings is 1. The van der Waals surface area contributed by atoms with Crippen molar-refractivity contribution in [1.82, 2.24) is 4.72 Å². The number of hydrogen-bond donors (Lipinski definition) is 2. The molecule has 2 N–H and O–H groups in total. The van der Waals surface area contributed by atoms with Crippen LogP contribution >= 0.6 is 11.8 Å². The van der Waals surface area contributed by atoms with E-state index in [0.29, 0.717) is 6.54 Å². The van der Waals surface area contributed by atoms with E-state index in [2.05, 4.69) is 4.72 Å². The smallest absolute Gasteiger partial charge is 0.240 e. The van der Waals surface area contributed by atoms with Gasteiger partial charge in [0.2, 0.25) is 10.0 Å². The number of thioether (sulfide) groups is 1. The van der Waals surface area contributed by atoms with Crippen molar-refractivity contribution in [3.05, 3.63) is 24.3 Å². The van der Waals surface area contributed by atoms with E-state index >= 15 is 0 Å². The lowest BCUT2D eigenvalue weighted by atomic mass is 10.2. The average molecular weight is 275 g/mol. The van der Waals surface area contributed by atoms with Crippen LogP contribution in [0.3, 0.4) is 0 Å². The fraction of sp³-hybridized carbons (Fsp3) is 0.455. The molecule has 4 nitrogen and oxygen atoms in total. The second kappa shape index (κ2) is 6.28. The minimum Gasteiger partial charge on any atom is -0.508 e. The summed E-state index contributed by atoms with van der Waals surface area (Å²) in [5, 5.41) is 9.24. The van der Waals surface area contributed by atoms with E-state index in [1.807, 2.05) is 13.2 Å². The molecule has 0 amide bonds. The van der Waals surface area contributed by atoms with E-state index in [1.165, 1.54) is 24.3 Å². The number of hydrogen-bond acceptors (Lipinski definition) is 4. The van der Waals surface area contributed by atoms with Crippen LogP contribution in [-0.2, 0) is 10.0 Å². The molecular formula is C11H17NO3S2. The molecular weight excluding hydrogens is 258 g/mol. The van der Waals surface area contributed by atoms with Crippen LogP contribution in [0.2, 0.25) is 0 Å². The lowest BCUT2D eigenvalue weighted by molar-refractivity contribution is 0.473. The van der Waals surface area contributed by atoms with Crippen LogP contribution in [0.4, 0.5) is 0 Å². The van der Waals surface area contributed by atoms with Crippen LogP contribution < -0.4 is 4.72 Å². The van der Waals surface area contributed by atoms with E-state index in [9.17, 15) is 13.5 Å². The molecule has 0 fully saturated rings. The highest BCUT2D eigenvalue weighted by Crippen LogP contribution is 2.15. The van der Waals surface area contributed by atoms with Gasteiger partial charge in [0.25, 0.3) is 0 Å². The van der Waals surface area contributed by atoms with Crippen molar-refractivity contribution < 1.29 is 13.5 Å². The summed E-state index contributed by atoms with van der Waals surface area (Å²) in [6, 6.07) is 5.65. The Morgan fingerprint density at radius 3 is 2.76 bits per heavy atom. The Morgan fingerprint density at radius 1 is 1.47 bits per heavy atom. The van der Waals surface area contributed by atoms with Crippen LogP contribution in [0.5, 0.6) is 5.75 Å². The summed E-state index contributed by atoms with van der Waals surface area (Å²) in [5.74, 6) is 1.13. The van der Waals surface area contributed by atoms with Crippen LogP contribution in [0.25, 0.3) is 0 Å². The maximum absolute atomic E-state index is 11.9. The molecule has 0 bridgehead atoms. The van der Waals surface area contributed by atoms with Gasteiger partial charge in [0.05, 0.1) is 4.90 Å². The Balaban J connectivity index is 2.69. The van der Waals surface area contributed by atoms with Crippen LogP contribution in [0.1, 0.15) is 6.92 Å². The largest absolute Gasteiger partial charge is 0.508 e. The van der Waals surface area contributed by atoms with E-state index in [0.717, 1.165) is 5.75 Å². The SMILES string of the molecule is CSCC(C)CNS(=O)(=O)c1cccc(O)c1. The van der Waals surface area contributed by atoms with Crippen molar-refractivity contribution in [1.29, 1.82) is 0 Å². The fourth-order valence-corrected chi connectivity index (χ4v) is 3.22. The highest BCUT2D eigenvalue weighted by Gasteiger charge is 2.15. The van der Waals surface area contributed by atoms with Gasteiger partial charge in [0.15, 0.2) is 0 Å². The monoisotopic (exact) mass is 275 g/mol. The van der Waals surface area contributed by atoms with Crippen molar-refractivity contribution >= 4 is 21.8 Å². The lowest BCUT2D eigenvalue weighted by Gasteiger charge is -2.11. The zero-order chi connectivity index (χ0) is 12.9. The molecule has 17 heavy (non-hydrogen) atoms. The summed E-state index contributed by atoms with van der Waals surface area (Å²) in [7, 11) is -3.52. The molecule has 1 rings (SSSR count). The second-order valence-corrected chi connectivity index (χ2v) is 6.59. The first-order valence-corrected chi connectivity index (χ1v) is 8.11. The zero-order valence-electron chi connectivity index (χ0n) is 9.88. The molecule has 1 unspecified atom stereocenters. The van der Waals surface area contributed by atoms with Crippen LogP contribution in [-0.4, -0.2) is 32.1 Å². The van der Waals surface area contributed by atoms with Gasteiger partial charge in [0.1, 0.15) is 5.75 Å². The van der Waals surface area contributed by atoms with Crippen LogP contribution in [0, 0.1) is 5.92 Å². The van der Waals surface area contributed by atoms with Crippen molar-refractivity contribution in [2.24, 2.45) is 5.92 Å². The minimum absolute atomic E-state index is 0.0509. The van der Waals surface area contributed by atoms with Gasteiger partial charge in [-0.2, -0.15) is 11.8 Å². The standard InChI is InChI=1S/C11H17NO3S2/c1-9(8-16-2)7-12-17(14,15)11-5-3-4-10(13)6-11/h3-6,9,12-13H,7-8H2,1-2H3. The number of aromatic hydroxyl groups is 1. The molecule has 1 aromatic rings. The molecule has 0 aliphatic carbocycles. The Bertz CT molecular complexity index is 460. The zero-order valence-corrected chi connectivity index (χ0v) is 11.5. The fourth-order valence-electron chi connectivity index (χ4n) is 1.33. The summed E-state index contributed by atoms with van der Waals surface area (Å²) in [6.45, 7) is 2.39. The van der Waals surface area contributed by atoms with E-state index in [-0.39, 0.29) is 16.6 Å². The van der Waals surface area contributed by atoms with Gasteiger partial charge in [-0.1, -0.05) is 13.0 Å².